The molecule has 0 aliphatic rings. The summed E-state index contributed by atoms with van der Waals surface area (Å²) in [6.07, 6.45) is 0. The number of anilines is 2. The first-order valence-corrected chi connectivity index (χ1v) is 6.94. The van der Waals surface area contributed by atoms with Gasteiger partial charge < -0.3 is 10.2 Å². The third kappa shape index (κ3) is 3.93. The van der Waals surface area contributed by atoms with Gasteiger partial charge in [-0.1, -0.05) is 12.1 Å². The average Bonchev–Trinajstić information content (AvgIpc) is 2.56. The molecule has 0 aliphatic heterocycles. The van der Waals surface area contributed by atoms with Crippen LogP contribution in [0.4, 0.5) is 20.2 Å². The van der Waals surface area contributed by atoms with Crippen LogP contribution < -0.4 is 10.2 Å². The van der Waals surface area contributed by atoms with E-state index in [9.17, 15) is 18.4 Å². The smallest absolute Gasteiger partial charge is 0.244 e. The highest BCUT2D eigenvalue weighted by Gasteiger charge is 2.19. The monoisotopic (exact) mass is 329 g/mol. The van der Waals surface area contributed by atoms with E-state index in [1.807, 2.05) is 6.07 Å². The lowest BCUT2D eigenvalue weighted by atomic mass is 10.1. The molecule has 0 aliphatic carbocycles. The van der Waals surface area contributed by atoms with Gasteiger partial charge in [-0.05, 0) is 24.3 Å². The van der Waals surface area contributed by atoms with Crippen molar-refractivity contribution in [1.82, 2.24) is 0 Å². The maximum absolute atomic E-state index is 13.2. The third-order valence-corrected chi connectivity index (χ3v) is 3.20. The van der Waals surface area contributed by atoms with Gasteiger partial charge in [-0.15, -0.1) is 0 Å². The zero-order valence-electron chi connectivity index (χ0n) is 12.7. The lowest BCUT2D eigenvalue weighted by Crippen LogP contribution is -2.37. The van der Waals surface area contributed by atoms with E-state index in [-0.39, 0.29) is 17.8 Å². The van der Waals surface area contributed by atoms with E-state index in [0.717, 1.165) is 17.0 Å². The molecular formula is C17H13F2N3O2. The van der Waals surface area contributed by atoms with E-state index < -0.39 is 23.4 Å². The summed E-state index contributed by atoms with van der Waals surface area (Å²) in [6, 6.07) is 11.2. The van der Waals surface area contributed by atoms with Crippen LogP contribution in [0.2, 0.25) is 0 Å². The first-order valence-electron chi connectivity index (χ1n) is 6.94. The van der Waals surface area contributed by atoms with Crippen LogP contribution in [0, 0.1) is 23.0 Å². The fraction of sp³-hybridized carbons (Fsp3) is 0.118. The lowest BCUT2D eigenvalue weighted by Gasteiger charge is -2.21. The number of halogens is 2. The maximum Gasteiger partial charge on any atom is 0.244 e. The zero-order valence-corrected chi connectivity index (χ0v) is 12.7. The van der Waals surface area contributed by atoms with Crippen molar-refractivity contribution in [3.05, 3.63) is 59.7 Å². The molecule has 0 heterocycles. The van der Waals surface area contributed by atoms with Crippen molar-refractivity contribution in [3.8, 4) is 6.07 Å². The van der Waals surface area contributed by atoms with Crippen LogP contribution in [0.5, 0.6) is 0 Å². The SMILES string of the molecule is CC(=O)N(CC(=O)Nc1ccc(F)c(F)c1)c1ccccc1C#N. The van der Waals surface area contributed by atoms with Crippen molar-refractivity contribution in [2.45, 2.75) is 6.92 Å². The molecule has 0 atom stereocenters. The standard InChI is InChI=1S/C17H13F2N3O2/c1-11(23)22(16-5-3-2-4-12(16)9-20)10-17(24)21-13-6-7-14(18)15(19)8-13/h2-8H,10H2,1H3,(H,21,24). The Morgan fingerprint density at radius 2 is 1.88 bits per heavy atom. The minimum Gasteiger partial charge on any atom is -0.324 e. The predicted molar refractivity (Wildman–Crippen MR) is 84.2 cm³/mol. The largest absolute Gasteiger partial charge is 0.324 e. The van der Waals surface area contributed by atoms with E-state index in [2.05, 4.69) is 5.32 Å². The van der Waals surface area contributed by atoms with E-state index in [4.69, 9.17) is 5.26 Å². The molecule has 1 N–H and O–H groups in total. The number of hydrogen-bond acceptors (Lipinski definition) is 3. The summed E-state index contributed by atoms with van der Waals surface area (Å²) in [5.41, 5.74) is 0.609. The molecule has 122 valence electrons. The number of nitrogens with one attached hydrogen (secondary N) is 1. The van der Waals surface area contributed by atoms with Crippen molar-refractivity contribution in [3.63, 3.8) is 0 Å². The molecule has 0 fully saturated rings. The van der Waals surface area contributed by atoms with Crippen molar-refractivity contribution < 1.29 is 18.4 Å². The van der Waals surface area contributed by atoms with Gasteiger partial charge in [0.2, 0.25) is 11.8 Å². The quantitative estimate of drug-likeness (QED) is 0.937. The number of nitrogens with zero attached hydrogens (tertiary/aromatic N) is 2. The van der Waals surface area contributed by atoms with Gasteiger partial charge in [-0.3, -0.25) is 9.59 Å². The van der Waals surface area contributed by atoms with Crippen LogP contribution >= 0.6 is 0 Å². The molecule has 0 spiro atoms. The maximum atomic E-state index is 13.2. The van der Waals surface area contributed by atoms with Crippen LogP contribution in [0.25, 0.3) is 0 Å². The van der Waals surface area contributed by atoms with Gasteiger partial charge in [0.15, 0.2) is 11.6 Å². The van der Waals surface area contributed by atoms with Crippen LogP contribution in [0.15, 0.2) is 42.5 Å². The van der Waals surface area contributed by atoms with Crippen molar-refractivity contribution in [2.24, 2.45) is 0 Å². The third-order valence-electron chi connectivity index (χ3n) is 3.20. The number of rotatable bonds is 4. The summed E-state index contributed by atoms with van der Waals surface area (Å²) in [5.74, 6) is -3.16. The van der Waals surface area contributed by atoms with E-state index in [1.165, 1.54) is 19.1 Å². The summed E-state index contributed by atoms with van der Waals surface area (Å²) in [4.78, 5) is 25.1. The fourth-order valence-corrected chi connectivity index (χ4v) is 2.09. The van der Waals surface area contributed by atoms with Crippen LogP contribution in [0.1, 0.15) is 12.5 Å². The molecule has 0 aromatic heterocycles. The van der Waals surface area contributed by atoms with Crippen LogP contribution in [-0.4, -0.2) is 18.4 Å². The highest BCUT2D eigenvalue weighted by atomic mass is 19.2. The number of benzene rings is 2. The normalized spacial score (nSPS) is 9.92. The van der Waals surface area contributed by atoms with Gasteiger partial charge >= 0.3 is 0 Å². The Labute approximate surface area is 137 Å². The number of carbonyl (C=O) groups excluding carboxylic acids is 2. The highest BCUT2D eigenvalue weighted by Crippen LogP contribution is 2.20. The first-order chi connectivity index (χ1) is 11.4. The van der Waals surface area contributed by atoms with Crippen LogP contribution in [0.3, 0.4) is 0 Å². The first kappa shape index (κ1) is 17.1. The summed E-state index contributed by atoms with van der Waals surface area (Å²) in [7, 11) is 0. The van der Waals surface area contributed by atoms with Gasteiger partial charge in [-0.2, -0.15) is 5.26 Å². The Morgan fingerprint density at radius 1 is 1.17 bits per heavy atom. The van der Waals surface area contributed by atoms with Gasteiger partial charge in [0.1, 0.15) is 12.6 Å². The molecule has 0 unspecified atom stereocenters. The second-order valence-electron chi connectivity index (χ2n) is 4.91. The summed E-state index contributed by atoms with van der Waals surface area (Å²) >= 11 is 0. The Bertz CT molecular complexity index is 831. The van der Waals surface area contributed by atoms with Crippen molar-refractivity contribution in [2.75, 3.05) is 16.8 Å². The van der Waals surface area contributed by atoms with Gasteiger partial charge in [0, 0.05) is 18.7 Å². The molecule has 7 heteroatoms. The second-order valence-corrected chi connectivity index (χ2v) is 4.91. The second kappa shape index (κ2) is 7.33. The minimum atomic E-state index is -1.09. The topological polar surface area (TPSA) is 73.2 Å². The molecular weight excluding hydrogens is 316 g/mol. The number of nitriles is 1. The molecule has 5 nitrogen and oxygen atoms in total. The Morgan fingerprint density at radius 3 is 2.50 bits per heavy atom. The summed E-state index contributed by atoms with van der Waals surface area (Å²) in [6.45, 7) is 0.895. The lowest BCUT2D eigenvalue weighted by molar-refractivity contribution is -0.120. The zero-order chi connectivity index (χ0) is 17.7. The number of hydrogen-bond donors (Lipinski definition) is 1. The van der Waals surface area contributed by atoms with E-state index in [1.54, 1.807) is 18.2 Å². The van der Waals surface area contributed by atoms with Crippen LogP contribution in [-0.2, 0) is 9.59 Å². The molecule has 0 radical (unpaired) electrons. The Hall–Kier alpha value is -3.27. The van der Waals surface area contributed by atoms with Crippen molar-refractivity contribution in [1.29, 1.82) is 5.26 Å². The molecule has 0 saturated carbocycles. The minimum absolute atomic E-state index is 0.0657. The Balaban J connectivity index is 2.19. The van der Waals surface area contributed by atoms with Gasteiger partial charge in [0.05, 0.1) is 11.3 Å². The highest BCUT2D eigenvalue weighted by molar-refractivity contribution is 6.02. The van der Waals surface area contributed by atoms with Crippen molar-refractivity contribution >= 4 is 23.2 Å². The molecule has 0 bridgehead atoms. The number of amides is 2. The Kier molecular flexibility index (Phi) is 5.22. The van der Waals surface area contributed by atoms with Gasteiger partial charge in [0.25, 0.3) is 0 Å². The van der Waals surface area contributed by atoms with Gasteiger partial charge in [-0.25, -0.2) is 8.78 Å². The molecule has 2 amide bonds. The predicted octanol–water partition coefficient (Wildman–Crippen LogP) is 2.83. The number of carbonyl (C=O) groups is 2. The summed E-state index contributed by atoms with van der Waals surface area (Å²) in [5, 5.41) is 11.5. The average molecular weight is 329 g/mol. The molecule has 0 saturated heterocycles. The fourth-order valence-electron chi connectivity index (χ4n) is 2.09. The molecule has 2 rings (SSSR count). The van der Waals surface area contributed by atoms with E-state index >= 15 is 0 Å². The number of para-hydroxylation sites is 1. The molecule has 24 heavy (non-hydrogen) atoms. The summed E-state index contributed by atoms with van der Waals surface area (Å²) < 4.78 is 26.0. The van der Waals surface area contributed by atoms with E-state index in [0.29, 0.717) is 5.69 Å². The molecule has 2 aromatic carbocycles. The molecule has 2 aromatic rings.